The van der Waals surface area contributed by atoms with Gasteiger partial charge in [0.25, 0.3) is 0 Å². The van der Waals surface area contributed by atoms with E-state index in [-0.39, 0.29) is 36.5 Å². The van der Waals surface area contributed by atoms with Crippen LogP contribution in [0.3, 0.4) is 0 Å². The summed E-state index contributed by atoms with van der Waals surface area (Å²) in [6.07, 6.45) is -1.62. The van der Waals surface area contributed by atoms with Gasteiger partial charge in [0.2, 0.25) is 5.75 Å². The molecule has 0 saturated carbocycles. The van der Waals surface area contributed by atoms with E-state index in [0.29, 0.717) is 11.0 Å². The lowest BCUT2D eigenvalue weighted by Gasteiger charge is -2.30. The highest BCUT2D eigenvalue weighted by atomic mass is 16.6. The molecule has 1 aliphatic rings. The number of phenolic OH excluding ortho intramolecular Hbond substituents is 1. The van der Waals surface area contributed by atoms with Gasteiger partial charge in [0.15, 0.2) is 11.3 Å². The number of ether oxygens (including phenoxy) is 2. The molecule has 8 nitrogen and oxygen atoms in total. The Morgan fingerprint density at radius 3 is 2.70 bits per heavy atom. The lowest BCUT2D eigenvalue weighted by molar-refractivity contribution is -0.144. The van der Waals surface area contributed by atoms with Crippen LogP contribution in [-0.2, 0) is 9.53 Å². The van der Waals surface area contributed by atoms with Crippen molar-refractivity contribution in [3.05, 3.63) is 46.8 Å². The number of aliphatic hydroxyl groups excluding tert-OH is 1. The first-order valence-corrected chi connectivity index (χ1v) is 8.35. The van der Waals surface area contributed by atoms with Gasteiger partial charge in [-0.15, -0.1) is 0 Å². The molecule has 3 rings (SSSR count). The van der Waals surface area contributed by atoms with Gasteiger partial charge in [0.1, 0.15) is 18.8 Å². The molecule has 1 unspecified atom stereocenters. The number of carbonyl (C=O) groups is 1. The zero-order valence-electron chi connectivity index (χ0n) is 14.7. The van der Waals surface area contributed by atoms with Crippen LogP contribution in [0.15, 0.2) is 45.6 Å². The van der Waals surface area contributed by atoms with Crippen molar-refractivity contribution >= 4 is 16.9 Å². The molecule has 27 heavy (non-hydrogen) atoms. The second-order valence-electron chi connectivity index (χ2n) is 6.81. The van der Waals surface area contributed by atoms with Crippen LogP contribution in [-0.4, -0.2) is 45.7 Å². The zero-order valence-corrected chi connectivity index (χ0v) is 14.7. The van der Waals surface area contributed by atoms with Gasteiger partial charge < -0.3 is 29.2 Å². The third-order valence-corrected chi connectivity index (χ3v) is 4.52. The van der Waals surface area contributed by atoms with Crippen LogP contribution >= 0.6 is 0 Å². The van der Waals surface area contributed by atoms with Gasteiger partial charge in [-0.3, -0.25) is 0 Å². The quantitative estimate of drug-likeness (QED) is 0.391. The van der Waals surface area contributed by atoms with E-state index >= 15 is 0 Å². The number of hydrogen-bond donors (Lipinski definition) is 3. The minimum absolute atomic E-state index is 0.000857. The number of aromatic hydroxyl groups is 1. The summed E-state index contributed by atoms with van der Waals surface area (Å²) in [5, 5.41) is 31.5. The average Bonchev–Trinajstić information content (AvgIpc) is 2.91. The average molecular weight is 376 g/mol. The molecule has 0 spiro atoms. The Morgan fingerprint density at radius 1 is 1.33 bits per heavy atom. The van der Waals surface area contributed by atoms with Gasteiger partial charge in [0, 0.05) is 29.9 Å². The van der Waals surface area contributed by atoms with Crippen LogP contribution in [0, 0.1) is 0 Å². The maximum Gasteiger partial charge on any atom is 0.336 e. The molecular formula is C19H20O8. The number of phenols is 1. The Balaban J connectivity index is 1.67. The first kappa shape index (κ1) is 18.9. The van der Waals surface area contributed by atoms with E-state index in [2.05, 4.69) is 6.58 Å². The van der Waals surface area contributed by atoms with E-state index in [4.69, 9.17) is 13.9 Å². The number of aliphatic hydroxyl groups is 2. The second kappa shape index (κ2) is 7.05. The van der Waals surface area contributed by atoms with Crippen molar-refractivity contribution in [2.24, 2.45) is 0 Å². The summed E-state index contributed by atoms with van der Waals surface area (Å²) >= 11 is 0. The Morgan fingerprint density at radius 2 is 2.04 bits per heavy atom. The van der Waals surface area contributed by atoms with Gasteiger partial charge in [-0.2, -0.15) is 0 Å². The lowest BCUT2D eigenvalue weighted by Crippen LogP contribution is -2.45. The second-order valence-corrected chi connectivity index (χ2v) is 6.81. The molecule has 0 radical (unpaired) electrons. The lowest BCUT2D eigenvalue weighted by atomic mass is 9.91. The van der Waals surface area contributed by atoms with Crippen LogP contribution in [0.2, 0.25) is 0 Å². The molecule has 1 aromatic heterocycles. The predicted molar refractivity (Wildman–Crippen MR) is 94.5 cm³/mol. The third kappa shape index (κ3) is 3.96. The molecule has 1 saturated heterocycles. The summed E-state index contributed by atoms with van der Waals surface area (Å²) < 4.78 is 15.4. The van der Waals surface area contributed by atoms with Gasteiger partial charge >= 0.3 is 11.6 Å². The number of rotatable bonds is 6. The summed E-state index contributed by atoms with van der Waals surface area (Å²) in [4.78, 5) is 22.7. The van der Waals surface area contributed by atoms with Crippen LogP contribution in [0.4, 0.5) is 0 Å². The first-order valence-electron chi connectivity index (χ1n) is 8.35. The maximum atomic E-state index is 11.4. The molecule has 2 heterocycles. The third-order valence-electron chi connectivity index (χ3n) is 4.52. The smallest absolute Gasteiger partial charge is 0.336 e. The fourth-order valence-corrected chi connectivity index (χ4v) is 2.91. The van der Waals surface area contributed by atoms with Crippen molar-refractivity contribution in [3.8, 4) is 11.5 Å². The van der Waals surface area contributed by atoms with E-state index < -0.39 is 29.4 Å². The number of hydrogen-bond acceptors (Lipinski definition) is 8. The largest absolute Gasteiger partial charge is 0.502 e. The molecular weight excluding hydrogens is 356 g/mol. The van der Waals surface area contributed by atoms with Crippen LogP contribution in [0.1, 0.15) is 19.8 Å². The van der Waals surface area contributed by atoms with Crippen LogP contribution in [0.25, 0.3) is 11.0 Å². The summed E-state index contributed by atoms with van der Waals surface area (Å²) in [5.74, 6) is -0.894. The van der Waals surface area contributed by atoms with E-state index in [1.54, 1.807) is 6.07 Å². The Kier molecular flexibility index (Phi) is 4.95. The highest BCUT2D eigenvalue weighted by Crippen LogP contribution is 2.34. The topological polar surface area (TPSA) is 126 Å². The van der Waals surface area contributed by atoms with Gasteiger partial charge in [-0.05, 0) is 25.1 Å². The zero-order chi connectivity index (χ0) is 19.8. The first-order chi connectivity index (χ1) is 12.7. The van der Waals surface area contributed by atoms with Crippen LogP contribution in [0.5, 0.6) is 11.5 Å². The molecule has 1 aliphatic heterocycles. The number of benzene rings is 1. The van der Waals surface area contributed by atoms with E-state index in [1.807, 2.05) is 0 Å². The molecule has 3 N–H and O–H groups in total. The van der Waals surface area contributed by atoms with Crippen molar-refractivity contribution in [3.63, 3.8) is 0 Å². The van der Waals surface area contributed by atoms with E-state index in [9.17, 15) is 24.9 Å². The highest BCUT2D eigenvalue weighted by Gasteiger charge is 2.38. The summed E-state index contributed by atoms with van der Waals surface area (Å²) in [5.41, 5.74) is -1.93. The Labute approximate surface area is 154 Å². The van der Waals surface area contributed by atoms with Gasteiger partial charge in [-0.1, -0.05) is 6.58 Å². The van der Waals surface area contributed by atoms with Crippen molar-refractivity contribution in [1.82, 2.24) is 0 Å². The molecule has 0 aliphatic carbocycles. The Hall–Kier alpha value is -2.84. The standard InChI is InChI=1S/C19H20O8/c1-10-7-12(26-18(10)23)8-19(2,24)14(20)9-25-13-5-3-11-4-6-15(21)27-17(11)16(13)22/h3-6,12,14,20,22,24H,1,7-9H2,2H3/t12-,14?,19+/m1/s1. The molecule has 3 atom stereocenters. The minimum Gasteiger partial charge on any atom is -0.502 e. The summed E-state index contributed by atoms with van der Waals surface area (Å²) in [6, 6.07) is 5.78. The molecule has 8 heteroatoms. The van der Waals surface area contributed by atoms with Crippen molar-refractivity contribution in [2.75, 3.05) is 6.61 Å². The monoisotopic (exact) mass is 376 g/mol. The molecule has 1 fully saturated rings. The molecule has 0 amide bonds. The Bertz CT molecular complexity index is 926. The normalized spacial score (nSPS) is 20.3. The fourth-order valence-electron chi connectivity index (χ4n) is 2.91. The van der Waals surface area contributed by atoms with E-state index in [0.717, 1.165) is 0 Å². The highest BCUT2D eigenvalue weighted by molar-refractivity contribution is 5.89. The van der Waals surface area contributed by atoms with Crippen LogP contribution < -0.4 is 10.4 Å². The molecule has 2 aromatic rings. The van der Waals surface area contributed by atoms with E-state index in [1.165, 1.54) is 25.1 Å². The molecule has 1 aromatic carbocycles. The molecule has 0 bridgehead atoms. The van der Waals surface area contributed by atoms with Gasteiger partial charge in [-0.25, -0.2) is 9.59 Å². The SMILES string of the molecule is C=C1C[C@H](C[C@](C)(O)C(O)COc2ccc3ccc(=O)oc3c2O)OC1=O. The van der Waals surface area contributed by atoms with Crippen molar-refractivity contribution in [1.29, 1.82) is 0 Å². The summed E-state index contributed by atoms with van der Waals surface area (Å²) in [7, 11) is 0. The summed E-state index contributed by atoms with van der Waals surface area (Å²) in [6.45, 7) is 4.63. The maximum absolute atomic E-state index is 11.4. The number of cyclic esters (lactones) is 1. The van der Waals surface area contributed by atoms with Crippen molar-refractivity contribution < 1.29 is 34.0 Å². The van der Waals surface area contributed by atoms with Crippen molar-refractivity contribution in [2.45, 2.75) is 37.6 Å². The minimum atomic E-state index is -1.60. The predicted octanol–water partition coefficient (Wildman–Crippen LogP) is 1.25. The van der Waals surface area contributed by atoms with Gasteiger partial charge in [0.05, 0.1) is 5.60 Å². The number of esters is 1. The number of fused-ring (bicyclic) bond motifs is 1. The number of carbonyl (C=O) groups excluding carboxylic acids is 1. The fraction of sp³-hybridized carbons (Fsp3) is 0.368. The molecule has 144 valence electrons.